The van der Waals surface area contributed by atoms with Gasteiger partial charge in [0.25, 0.3) is 0 Å². The summed E-state index contributed by atoms with van der Waals surface area (Å²) < 4.78 is 12.4. The van der Waals surface area contributed by atoms with E-state index in [1.165, 1.54) is 5.56 Å². The molecule has 3 heterocycles. The number of aromatic nitrogens is 1. The van der Waals surface area contributed by atoms with Crippen LogP contribution in [0, 0.1) is 0 Å². The maximum atomic E-state index is 9.34. The van der Waals surface area contributed by atoms with Crippen LogP contribution in [0.2, 0.25) is 0 Å². The summed E-state index contributed by atoms with van der Waals surface area (Å²) in [5, 5.41) is 10.5. The number of rotatable bonds is 4. The summed E-state index contributed by atoms with van der Waals surface area (Å²) in [6, 6.07) is 7.95. The van der Waals surface area contributed by atoms with Gasteiger partial charge < -0.3 is 14.3 Å². The van der Waals surface area contributed by atoms with Gasteiger partial charge in [-0.2, -0.15) is 0 Å². The first-order valence-electron chi connectivity index (χ1n) is 8.86. The molecule has 1 N–H and O–H groups in total. The third kappa shape index (κ3) is 2.91. The number of benzene rings is 1. The van der Waals surface area contributed by atoms with E-state index in [2.05, 4.69) is 18.8 Å². The van der Waals surface area contributed by atoms with Crippen molar-refractivity contribution >= 4 is 11.0 Å². The van der Waals surface area contributed by atoms with E-state index in [9.17, 15) is 5.11 Å². The molecule has 0 radical (unpaired) electrons. The fourth-order valence-electron chi connectivity index (χ4n) is 3.66. The Kier molecular flexibility index (Phi) is 4.00. The first-order chi connectivity index (χ1) is 12.1. The topological polar surface area (TPSA) is 55.5 Å². The molecule has 4 nitrogen and oxygen atoms in total. The van der Waals surface area contributed by atoms with E-state index in [1.54, 1.807) is 12.4 Å². The summed E-state index contributed by atoms with van der Waals surface area (Å²) in [4.78, 5) is 4.10. The maximum absolute atomic E-state index is 9.34. The second kappa shape index (κ2) is 6.19. The molecule has 0 atom stereocenters. The summed E-state index contributed by atoms with van der Waals surface area (Å²) in [5.74, 6) is 1.83. The van der Waals surface area contributed by atoms with E-state index in [0.29, 0.717) is 6.42 Å². The lowest BCUT2D eigenvalue weighted by Crippen LogP contribution is -2.32. The molecule has 3 aromatic rings. The Morgan fingerprint density at radius 3 is 2.72 bits per heavy atom. The third-order valence-corrected chi connectivity index (χ3v) is 4.91. The van der Waals surface area contributed by atoms with Crippen molar-refractivity contribution in [2.75, 3.05) is 6.61 Å². The van der Waals surface area contributed by atoms with Gasteiger partial charge in [0.1, 0.15) is 22.7 Å². The van der Waals surface area contributed by atoms with Crippen molar-refractivity contribution in [3.63, 3.8) is 0 Å². The minimum Gasteiger partial charge on any atom is -0.488 e. The molecular weight excluding hydrogens is 314 g/mol. The van der Waals surface area contributed by atoms with Crippen LogP contribution in [0.3, 0.4) is 0 Å². The van der Waals surface area contributed by atoms with Crippen LogP contribution in [0.25, 0.3) is 22.3 Å². The molecule has 25 heavy (non-hydrogen) atoms. The first-order valence-corrected chi connectivity index (χ1v) is 8.86. The van der Waals surface area contributed by atoms with Gasteiger partial charge in [0, 0.05) is 41.1 Å². The molecule has 0 fully saturated rings. The Bertz CT molecular complexity index is 896. The Hall–Kier alpha value is -2.33. The van der Waals surface area contributed by atoms with Gasteiger partial charge in [0.2, 0.25) is 0 Å². The monoisotopic (exact) mass is 337 g/mol. The Balaban J connectivity index is 1.93. The number of hydrogen-bond donors (Lipinski definition) is 1. The summed E-state index contributed by atoms with van der Waals surface area (Å²) >= 11 is 0. The standard InChI is InChI=1S/C21H23NO3/c1-21(2)10-7-15-17(25-21)5-6-18-19(15)16(4-3-13-23)20(24-18)14-8-11-22-12-9-14/h5-6,8-9,11-12,23H,3-4,7,10,13H2,1-2H3. The van der Waals surface area contributed by atoms with E-state index in [0.717, 1.165) is 52.9 Å². The van der Waals surface area contributed by atoms with Crippen LogP contribution in [-0.4, -0.2) is 22.3 Å². The molecule has 1 aliphatic heterocycles. The van der Waals surface area contributed by atoms with Crippen LogP contribution < -0.4 is 4.74 Å². The van der Waals surface area contributed by atoms with Gasteiger partial charge >= 0.3 is 0 Å². The fraction of sp³-hybridized carbons (Fsp3) is 0.381. The molecule has 0 saturated carbocycles. The van der Waals surface area contributed by atoms with Crippen LogP contribution >= 0.6 is 0 Å². The molecule has 1 aromatic carbocycles. The second-order valence-electron chi connectivity index (χ2n) is 7.25. The predicted molar refractivity (Wildman–Crippen MR) is 97.9 cm³/mol. The van der Waals surface area contributed by atoms with Gasteiger partial charge in [-0.05, 0) is 63.8 Å². The highest BCUT2D eigenvalue weighted by Crippen LogP contribution is 2.43. The van der Waals surface area contributed by atoms with Crippen LogP contribution in [0.1, 0.15) is 37.8 Å². The molecule has 130 valence electrons. The molecule has 0 amide bonds. The van der Waals surface area contributed by atoms with E-state index in [4.69, 9.17) is 9.15 Å². The van der Waals surface area contributed by atoms with Gasteiger partial charge in [-0.3, -0.25) is 4.98 Å². The first kappa shape index (κ1) is 16.2. The lowest BCUT2D eigenvalue weighted by Gasteiger charge is -2.32. The van der Waals surface area contributed by atoms with Crippen molar-refractivity contribution in [3.05, 3.63) is 47.8 Å². The molecule has 0 unspecified atom stereocenters. The molecule has 0 aliphatic carbocycles. The summed E-state index contributed by atoms with van der Waals surface area (Å²) in [6.45, 7) is 4.43. The number of aliphatic hydroxyl groups excluding tert-OH is 1. The molecule has 0 spiro atoms. The van der Waals surface area contributed by atoms with E-state index in [-0.39, 0.29) is 12.2 Å². The zero-order valence-corrected chi connectivity index (χ0v) is 14.7. The molecule has 4 heteroatoms. The van der Waals surface area contributed by atoms with Gasteiger partial charge in [-0.15, -0.1) is 0 Å². The number of hydrogen-bond acceptors (Lipinski definition) is 4. The Morgan fingerprint density at radius 2 is 1.96 bits per heavy atom. The Labute approximate surface area is 147 Å². The minimum absolute atomic E-state index is 0.135. The average Bonchev–Trinajstić information content (AvgIpc) is 2.98. The third-order valence-electron chi connectivity index (χ3n) is 4.91. The number of aliphatic hydroxyl groups is 1. The van der Waals surface area contributed by atoms with Crippen LogP contribution in [0.4, 0.5) is 0 Å². The molecule has 1 aliphatic rings. The molecule has 0 bridgehead atoms. The second-order valence-corrected chi connectivity index (χ2v) is 7.25. The number of ether oxygens (including phenoxy) is 1. The van der Waals surface area contributed by atoms with Gasteiger partial charge in [0.05, 0.1) is 0 Å². The Morgan fingerprint density at radius 1 is 1.16 bits per heavy atom. The predicted octanol–water partition coefficient (Wildman–Crippen LogP) is 4.52. The molecular formula is C21H23NO3. The highest BCUT2D eigenvalue weighted by molar-refractivity contribution is 5.92. The number of aryl methyl sites for hydroxylation is 2. The molecule has 4 rings (SSSR count). The largest absolute Gasteiger partial charge is 0.488 e. The molecule has 2 aromatic heterocycles. The summed E-state index contributed by atoms with van der Waals surface area (Å²) in [7, 11) is 0. The van der Waals surface area contributed by atoms with Crippen molar-refractivity contribution in [2.45, 2.75) is 45.1 Å². The van der Waals surface area contributed by atoms with Gasteiger partial charge in [-0.1, -0.05) is 0 Å². The van der Waals surface area contributed by atoms with E-state index < -0.39 is 0 Å². The quantitative estimate of drug-likeness (QED) is 0.760. The van der Waals surface area contributed by atoms with Crippen molar-refractivity contribution in [1.82, 2.24) is 4.98 Å². The number of pyridine rings is 1. The zero-order chi connectivity index (χ0) is 17.4. The fourth-order valence-corrected chi connectivity index (χ4v) is 3.66. The van der Waals surface area contributed by atoms with Crippen molar-refractivity contribution in [3.8, 4) is 17.1 Å². The van der Waals surface area contributed by atoms with Crippen molar-refractivity contribution < 1.29 is 14.3 Å². The van der Waals surface area contributed by atoms with Crippen molar-refractivity contribution in [2.24, 2.45) is 0 Å². The lowest BCUT2D eigenvalue weighted by molar-refractivity contribution is 0.0852. The van der Waals surface area contributed by atoms with E-state index in [1.807, 2.05) is 24.3 Å². The number of nitrogens with zero attached hydrogens (tertiary/aromatic N) is 1. The SMILES string of the molecule is CC1(C)CCc2c(ccc3oc(-c4ccncc4)c(CCCO)c23)O1. The minimum atomic E-state index is -0.135. The summed E-state index contributed by atoms with van der Waals surface area (Å²) in [5.41, 5.74) is 4.17. The number of furan rings is 1. The zero-order valence-electron chi connectivity index (χ0n) is 14.7. The van der Waals surface area contributed by atoms with Crippen LogP contribution in [0.5, 0.6) is 5.75 Å². The molecule has 0 saturated heterocycles. The highest BCUT2D eigenvalue weighted by Gasteiger charge is 2.30. The highest BCUT2D eigenvalue weighted by atomic mass is 16.5. The van der Waals surface area contributed by atoms with Gasteiger partial charge in [-0.25, -0.2) is 0 Å². The van der Waals surface area contributed by atoms with Gasteiger partial charge in [0.15, 0.2) is 0 Å². The number of fused-ring (bicyclic) bond motifs is 3. The van der Waals surface area contributed by atoms with Crippen molar-refractivity contribution in [1.29, 1.82) is 0 Å². The average molecular weight is 337 g/mol. The summed E-state index contributed by atoms with van der Waals surface area (Å²) in [6.07, 6.45) is 7.00. The maximum Gasteiger partial charge on any atom is 0.138 e. The van der Waals surface area contributed by atoms with Crippen LogP contribution in [-0.2, 0) is 12.8 Å². The smallest absolute Gasteiger partial charge is 0.138 e. The lowest BCUT2D eigenvalue weighted by atomic mass is 9.90. The van der Waals surface area contributed by atoms with E-state index >= 15 is 0 Å². The van der Waals surface area contributed by atoms with Crippen LogP contribution in [0.15, 0.2) is 41.1 Å². The normalized spacial score (nSPS) is 15.8.